The highest BCUT2D eigenvalue weighted by molar-refractivity contribution is 5.22. The summed E-state index contributed by atoms with van der Waals surface area (Å²) >= 11 is 0. The predicted octanol–water partition coefficient (Wildman–Crippen LogP) is 2.00. The van der Waals surface area contributed by atoms with Crippen molar-refractivity contribution in [3.8, 4) is 0 Å². The highest BCUT2D eigenvalue weighted by Gasteiger charge is 2.39. The lowest BCUT2D eigenvalue weighted by Gasteiger charge is -2.46. The maximum absolute atomic E-state index is 12.9. The molecular weight excluding hydrogens is 193 g/mol. The Labute approximate surface area is 89.1 Å². The third-order valence-corrected chi connectivity index (χ3v) is 2.88. The third-order valence-electron chi connectivity index (χ3n) is 2.88. The number of rotatable bonds is 2. The minimum absolute atomic E-state index is 0.0433. The van der Waals surface area contributed by atoms with Crippen LogP contribution in [0.1, 0.15) is 31.9 Å². The fraction of sp³-hybridized carbons (Fsp3) is 0.500. The van der Waals surface area contributed by atoms with Crippen molar-refractivity contribution in [2.24, 2.45) is 0 Å². The first-order chi connectivity index (χ1) is 6.98. The average Bonchev–Trinajstić information content (AvgIpc) is 2.13. The van der Waals surface area contributed by atoms with Crippen molar-refractivity contribution in [1.82, 2.24) is 5.32 Å². The number of aliphatic hydroxyl groups excluding tert-OH is 1. The molecule has 2 rings (SSSR count). The number of aliphatic hydroxyl groups is 1. The minimum Gasteiger partial charge on any atom is -0.387 e. The molecule has 0 spiro atoms. The van der Waals surface area contributed by atoms with Gasteiger partial charge in [0, 0.05) is 11.6 Å². The van der Waals surface area contributed by atoms with Gasteiger partial charge in [-0.2, -0.15) is 0 Å². The lowest BCUT2D eigenvalue weighted by Crippen LogP contribution is -2.61. The first kappa shape index (κ1) is 10.6. The molecule has 0 radical (unpaired) electrons. The molecule has 15 heavy (non-hydrogen) atoms. The van der Waals surface area contributed by atoms with Crippen molar-refractivity contribution in [2.75, 3.05) is 0 Å². The summed E-state index contributed by atoms with van der Waals surface area (Å²) in [6.45, 7) is 4.17. The van der Waals surface area contributed by atoms with Gasteiger partial charge in [0.25, 0.3) is 0 Å². The summed E-state index contributed by atoms with van der Waals surface area (Å²) in [4.78, 5) is 0. The highest BCUT2D eigenvalue weighted by Crippen LogP contribution is 2.32. The Bertz CT molecular complexity index is 356. The molecule has 1 saturated heterocycles. The second kappa shape index (κ2) is 3.58. The van der Waals surface area contributed by atoms with Gasteiger partial charge < -0.3 is 10.4 Å². The molecule has 1 aliphatic heterocycles. The molecule has 2 N–H and O–H groups in total. The summed E-state index contributed by atoms with van der Waals surface area (Å²) in [5.74, 6) is -0.301. The molecule has 3 heteroatoms. The summed E-state index contributed by atoms with van der Waals surface area (Å²) in [6, 6.07) is 6.19. The Balaban J connectivity index is 2.06. The largest absolute Gasteiger partial charge is 0.387 e. The molecule has 0 saturated carbocycles. The van der Waals surface area contributed by atoms with Gasteiger partial charge in [-0.05, 0) is 38.0 Å². The molecule has 82 valence electrons. The van der Waals surface area contributed by atoms with Crippen molar-refractivity contribution in [1.29, 1.82) is 0 Å². The maximum atomic E-state index is 12.9. The second-order valence-electron chi connectivity index (χ2n) is 4.84. The molecular formula is C12H16FNO. The summed E-state index contributed by atoms with van der Waals surface area (Å²) < 4.78 is 12.9. The third kappa shape index (κ3) is 2.19. The molecule has 0 amide bonds. The van der Waals surface area contributed by atoms with Crippen LogP contribution in [0.2, 0.25) is 0 Å². The van der Waals surface area contributed by atoms with E-state index in [0.717, 1.165) is 6.42 Å². The van der Waals surface area contributed by atoms with E-state index in [1.54, 1.807) is 12.1 Å². The van der Waals surface area contributed by atoms with Crippen molar-refractivity contribution < 1.29 is 9.50 Å². The Morgan fingerprint density at radius 3 is 2.73 bits per heavy atom. The molecule has 0 unspecified atom stereocenters. The van der Waals surface area contributed by atoms with Gasteiger partial charge in [-0.1, -0.05) is 12.1 Å². The SMILES string of the molecule is CC1(C)C[C@H]([C@@H](O)c2cccc(F)c2)N1. The number of hydrogen-bond donors (Lipinski definition) is 2. The number of benzene rings is 1. The van der Waals surface area contributed by atoms with Gasteiger partial charge in [0.1, 0.15) is 5.82 Å². The van der Waals surface area contributed by atoms with Crippen LogP contribution in [0.5, 0.6) is 0 Å². The van der Waals surface area contributed by atoms with Crippen LogP contribution in [0.3, 0.4) is 0 Å². The van der Waals surface area contributed by atoms with E-state index in [0.29, 0.717) is 5.56 Å². The topological polar surface area (TPSA) is 32.3 Å². The molecule has 0 aromatic heterocycles. The van der Waals surface area contributed by atoms with E-state index in [1.165, 1.54) is 12.1 Å². The second-order valence-corrected chi connectivity index (χ2v) is 4.84. The van der Waals surface area contributed by atoms with Crippen LogP contribution < -0.4 is 5.32 Å². The zero-order chi connectivity index (χ0) is 11.1. The minimum atomic E-state index is -0.617. The van der Waals surface area contributed by atoms with E-state index >= 15 is 0 Å². The smallest absolute Gasteiger partial charge is 0.123 e. The van der Waals surface area contributed by atoms with Crippen molar-refractivity contribution >= 4 is 0 Å². The van der Waals surface area contributed by atoms with E-state index in [2.05, 4.69) is 19.2 Å². The van der Waals surface area contributed by atoms with Crippen LogP contribution in [0, 0.1) is 5.82 Å². The quantitative estimate of drug-likeness (QED) is 0.780. The lowest BCUT2D eigenvalue weighted by molar-refractivity contribution is 0.0388. The molecule has 1 aromatic rings. The predicted molar refractivity (Wildman–Crippen MR) is 57.0 cm³/mol. The van der Waals surface area contributed by atoms with Crippen LogP contribution in [0.15, 0.2) is 24.3 Å². The molecule has 0 aliphatic carbocycles. The summed E-state index contributed by atoms with van der Waals surface area (Å²) in [7, 11) is 0. The van der Waals surface area contributed by atoms with E-state index in [9.17, 15) is 9.50 Å². The van der Waals surface area contributed by atoms with Crippen LogP contribution in [-0.4, -0.2) is 16.7 Å². The van der Waals surface area contributed by atoms with Gasteiger partial charge in [-0.3, -0.25) is 0 Å². The molecule has 1 aliphatic rings. The average molecular weight is 209 g/mol. The number of nitrogens with one attached hydrogen (secondary N) is 1. The molecule has 2 nitrogen and oxygen atoms in total. The summed E-state index contributed by atoms with van der Waals surface area (Å²) in [5.41, 5.74) is 0.738. The van der Waals surface area contributed by atoms with Crippen molar-refractivity contribution in [3.05, 3.63) is 35.6 Å². The van der Waals surface area contributed by atoms with E-state index in [4.69, 9.17) is 0 Å². The molecule has 1 aromatic carbocycles. The van der Waals surface area contributed by atoms with E-state index < -0.39 is 6.10 Å². The van der Waals surface area contributed by atoms with Crippen molar-refractivity contribution in [2.45, 2.75) is 38.0 Å². The van der Waals surface area contributed by atoms with Crippen LogP contribution >= 0.6 is 0 Å². The van der Waals surface area contributed by atoms with E-state index in [1.807, 2.05) is 0 Å². The van der Waals surface area contributed by atoms with Gasteiger partial charge in [0.15, 0.2) is 0 Å². The normalized spacial score (nSPS) is 25.7. The number of hydrogen-bond acceptors (Lipinski definition) is 2. The van der Waals surface area contributed by atoms with Gasteiger partial charge in [0.2, 0.25) is 0 Å². The lowest BCUT2D eigenvalue weighted by atomic mass is 9.80. The van der Waals surface area contributed by atoms with Gasteiger partial charge in [0.05, 0.1) is 6.10 Å². The molecule has 2 atom stereocenters. The highest BCUT2D eigenvalue weighted by atomic mass is 19.1. The first-order valence-electron chi connectivity index (χ1n) is 5.19. The Kier molecular flexibility index (Phi) is 2.52. The van der Waals surface area contributed by atoms with E-state index in [-0.39, 0.29) is 17.4 Å². The zero-order valence-corrected chi connectivity index (χ0v) is 9.00. The standard InChI is InChI=1S/C12H16FNO/c1-12(2)7-10(14-12)11(15)8-4-3-5-9(13)6-8/h3-6,10-11,14-15H,7H2,1-2H3/t10-,11+/m1/s1. The van der Waals surface area contributed by atoms with Gasteiger partial charge in [-0.25, -0.2) is 4.39 Å². The molecule has 0 bridgehead atoms. The molecule has 1 fully saturated rings. The maximum Gasteiger partial charge on any atom is 0.123 e. The Morgan fingerprint density at radius 2 is 2.20 bits per heavy atom. The van der Waals surface area contributed by atoms with Gasteiger partial charge in [-0.15, -0.1) is 0 Å². The van der Waals surface area contributed by atoms with Crippen molar-refractivity contribution in [3.63, 3.8) is 0 Å². The first-order valence-corrected chi connectivity index (χ1v) is 5.19. The fourth-order valence-corrected chi connectivity index (χ4v) is 2.14. The van der Waals surface area contributed by atoms with Crippen LogP contribution in [-0.2, 0) is 0 Å². The number of halogens is 1. The van der Waals surface area contributed by atoms with Gasteiger partial charge >= 0.3 is 0 Å². The summed E-state index contributed by atoms with van der Waals surface area (Å²) in [5, 5.41) is 13.2. The Hall–Kier alpha value is -0.930. The van der Waals surface area contributed by atoms with Crippen LogP contribution in [0.4, 0.5) is 4.39 Å². The molecule has 1 heterocycles. The monoisotopic (exact) mass is 209 g/mol. The van der Waals surface area contributed by atoms with Crippen LogP contribution in [0.25, 0.3) is 0 Å². The Morgan fingerprint density at radius 1 is 1.53 bits per heavy atom. The fourth-order valence-electron chi connectivity index (χ4n) is 2.14. The summed E-state index contributed by atoms with van der Waals surface area (Å²) in [6.07, 6.45) is 0.290. The zero-order valence-electron chi connectivity index (χ0n) is 9.00.